The number of nitrogens with zero attached hydrogens (tertiary/aromatic N) is 2. The Morgan fingerprint density at radius 1 is 1.25 bits per heavy atom. The average molecular weight is 345 g/mol. The van der Waals surface area contributed by atoms with Crippen LogP contribution in [0.4, 0.5) is 4.39 Å². The van der Waals surface area contributed by atoms with Crippen LogP contribution in [0, 0.1) is 5.82 Å². The third kappa shape index (κ3) is 3.62. The molecule has 0 atom stereocenters. The number of aromatic nitrogens is 2. The summed E-state index contributed by atoms with van der Waals surface area (Å²) in [6, 6.07) is 4.39. The van der Waals surface area contributed by atoms with Gasteiger partial charge in [-0.25, -0.2) is 4.39 Å². The zero-order valence-corrected chi connectivity index (χ0v) is 12.7. The lowest BCUT2D eigenvalue weighted by Gasteiger charge is -2.11. The molecule has 0 unspecified atom stereocenters. The van der Waals surface area contributed by atoms with Crippen LogP contribution in [0.2, 0.25) is 0 Å². The molecule has 1 aromatic heterocycles. The molecule has 0 aliphatic carbocycles. The van der Waals surface area contributed by atoms with Gasteiger partial charge in [0.25, 0.3) is 5.89 Å². The molecule has 0 N–H and O–H groups in total. The van der Waals surface area contributed by atoms with Crippen molar-refractivity contribution >= 4 is 15.9 Å². The van der Waals surface area contributed by atoms with E-state index in [0.29, 0.717) is 23.2 Å². The molecule has 108 valence electrons. The van der Waals surface area contributed by atoms with Gasteiger partial charge in [-0.2, -0.15) is 4.98 Å². The summed E-state index contributed by atoms with van der Waals surface area (Å²) in [6.07, 6.45) is -0.705. The fourth-order valence-corrected chi connectivity index (χ4v) is 2.09. The van der Waals surface area contributed by atoms with Gasteiger partial charge < -0.3 is 14.0 Å². The molecule has 0 aliphatic rings. The number of benzene rings is 1. The Bertz CT molecular complexity index is 550. The Labute approximate surface area is 124 Å². The summed E-state index contributed by atoms with van der Waals surface area (Å²) in [5.74, 6) is 0.112. The lowest BCUT2D eigenvalue weighted by atomic mass is 10.2. The van der Waals surface area contributed by atoms with Crippen LogP contribution in [-0.4, -0.2) is 23.4 Å². The Morgan fingerprint density at radius 3 is 2.55 bits per heavy atom. The van der Waals surface area contributed by atoms with E-state index >= 15 is 0 Å². The second kappa shape index (κ2) is 6.92. The number of halogens is 2. The molecule has 0 bridgehead atoms. The average Bonchev–Trinajstić information content (AvgIpc) is 2.87. The van der Waals surface area contributed by atoms with E-state index in [1.807, 2.05) is 13.8 Å². The minimum absolute atomic E-state index is 0.212. The number of hydrogen-bond donors (Lipinski definition) is 0. The molecule has 0 amide bonds. The smallest absolute Gasteiger partial charge is 0.283 e. The zero-order chi connectivity index (χ0) is 14.5. The summed E-state index contributed by atoms with van der Waals surface area (Å²) in [5, 5.41) is 3.82. The highest BCUT2D eigenvalue weighted by molar-refractivity contribution is 9.10. The first-order valence-corrected chi connectivity index (χ1v) is 6.96. The molecular weight excluding hydrogens is 331 g/mol. The molecule has 20 heavy (non-hydrogen) atoms. The van der Waals surface area contributed by atoms with Gasteiger partial charge in [-0.1, -0.05) is 21.1 Å². The molecule has 0 spiro atoms. The zero-order valence-electron chi connectivity index (χ0n) is 11.1. The third-order valence-corrected chi connectivity index (χ3v) is 2.86. The van der Waals surface area contributed by atoms with Crippen molar-refractivity contribution in [2.45, 2.75) is 20.1 Å². The van der Waals surface area contributed by atoms with E-state index in [9.17, 15) is 4.39 Å². The Morgan fingerprint density at radius 2 is 1.95 bits per heavy atom. The van der Waals surface area contributed by atoms with Crippen LogP contribution in [0.25, 0.3) is 11.4 Å². The molecule has 5 nitrogen and oxygen atoms in total. The molecule has 0 radical (unpaired) electrons. The molecule has 2 aromatic rings. The normalized spacial score (nSPS) is 11.2. The minimum Gasteiger partial charge on any atom is -0.345 e. The maximum Gasteiger partial charge on any atom is 0.283 e. The van der Waals surface area contributed by atoms with Crippen LogP contribution in [0.5, 0.6) is 0 Å². The van der Waals surface area contributed by atoms with Gasteiger partial charge in [0.15, 0.2) is 0 Å². The van der Waals surface area contributed by atoms with Crippen molar-refractivity contribution in [3.05, 3.63) is 34.4 Å². The van der Waals surface area contributed by atoms with Crippen LogP contribution in [0.15, 0.2) is 27.2 Å². The van der Waals surface area contributed by atoms with Crippen molar-refractivity contribution in [1.82, 2.24) is 10.1 Å². The van der Waals surface area contributed by atoms with Gasteiger partial charge in [0.1, 0.15) is 5.82 Å². The minimum atomic E-state index is -0.705. The van der Waals surface area contributed by atoms with Gasteiger partial charge in [-0.15, -0.1) is 0 Å². The molecule has 1 heterocycles. The Balaban J connectivity index is 2.27. The number of rotatable bonds is 6. The van der Waals surface area contributed by atoms with Crippen LogP contribution >= 0.6 is 15.9 Å². The second-order valence-corrected chi connectivity index (χ2v) is 4.77. The highest BCUT2D eigenvalue weighted by atomic mass is 79.9. The van der Waals surface area contributed by atoms with E-state index in [2.05, 4.69) is 26.1 Å². The molecule has 2 rings (SSSR count). The van der Waals surface area contributed by atoms with Crippen LogP contribution in [-0.2, 0) is 9.47 Å². The van der Waals surface area contributed by atoms with Crippen molar-refractivity contribution in [3.63, 3.8) is 0 Å². The Kier molecular flexibility index (Phi) is 5.22. The molecular formula is C13H14BrFN2O3. The maximum atomic E-state index is 13.4. The third-order valence-electron chi connectivity index (χ3n) is 2.40. The lowest BCUT2D eigenvalue weighted by Crippen LogP contribution is -2.09. The summed E-state index contributed by atoms with van der Waals surface area (Å²) >= 11 is 3.22. The van der Waals surface area contributed by atoms with Crippen molar-refractivity contribution < 1.29 is 18.4 Å². The fourth-order valence-electron chi connectivity index (χ4n) is 1.62. The van der Waals surface area contributed by atoms with E-state index in [0.717, 1.165) is 0 Å². The summed E-state index contributed by atoms with van der Waals surface area (Å²) in [5.41, 5.74) is 0.513. The molecule has 0 saturated carbocycles. The summed E-state index contributed by atoms with van der Waals surface area (Å²) in [6.45, 7) is 4.59. The van der Waals surface area contributed by atoms with Gasteiger partial charge >= 0.3 is 0 Å². The lowest BCUT2D eigenvalue weighted by molar-refractivity contribution is -0.155. The largest absolute Gasteiger partial charge is 0.345 e. The van der Waals surface area contributed by atoms with Crippen molar-refractivity contribution in [3.8, 4) is 11.4 Å². The van der Waals surface area contributed by atoms with Gasteiger partial charge in [0, 0.05) is 23.2 Å². The predicted molar refractivity (Wildman–Crippen MR) is 73.4 cm³/mol. The summed E-state index contributed by atoms with van der Waals surface area (Å²) in [4.78, 5) is 4.18. The van der Waals surface area contributed by atoms with Gasteiger partial charge in [0.2, 0.25) is 12.1 Å². The first kappa shape index (κ1) is 15.1. The maximum absolute atomic E-state index is 13.4. The second-order valence-electron chi connectivity index (χ2n) is 3.86. The van der Waals surface area contributed by atoms with Crippen LogP contribution in [0.1, 0.15) is 26.0 Å². The topological polar surface area (TPSA) is 57.4 Å². The summed E-state index contributed by atoms with van der Waals surface area (Å²) in [7, 11) is 0. The number of hydrogen-bond acceptors (Lipinski definition) is 5. The SMILES string of the molecule is CCOC(OCC)c1nc(-c2cc(F)cc(Br)c2)no1. The van der Waals surface area contributed by atoms with E-state index in [-0.39, 0.29) is 17.5 Å². The Hall–Kier alpha value is -1.31. The predicted octanol–water partition coefficient (Wildman–Crippen LogP) is 3.71. The van der Waals surface area contributed by atoms with E-state index < -0.39 is 6.29 Å². The highest BCUT2D eigenvalue weighted by Crippen LogP contribution is 2.25. The number of ether oxygens (including phenoxy) is 2. The van der Waals surface area contributed by atoms with Gasteiger partial charge in [0.05, 0.1) is 0 Å². The molecule has 7 heteroatoms. The van der Waals surface area contributed by atoms with Gasteiger partial charge in [-0.05, 0) is 32.0 Å². The first-order chi connectivity index (χ1) is 9.63. The first-order valence-electron chi connectivity index (χ1n) is 6.17. The van der Waals surface area contributed by atoms with E-state index in [1.165, 1.54) is 12.1 Å². The van der Waals surface area contributed by atoms with Crippen LogP contribution in [0.3, 0.4) is 0 Å². The van der Waals surface area contributed by atoms with Crippen molar-refractivity contribution in [2.75, 3.05) is 13.2 Å². The van der Waals surface area contributed by atoms with Crippen molar-refractivity contribution in [2.24, 2.45) is 0 Å². The molecule has 0 aliphatic heterocycles. The summed E-state index contributed by atoms with van der Waals surface area (Å²) < 4.78 is 29.8. The van der Waals surface area contributed by atoms with E-state index in [4.69, 9.17) is 14.0 Å². The van der Waals surface area contributed by atoms with Crippen molar-refractivity contribution in [1.29, 1.82) is 0 Å². The monoisotopic (exact) mass is 344 g/mol. The molecule has 0 fully saturated rings. The molecule has 0 saturated heterocycles. The van der Waals surface area contributed by atoms with Crippen LogP contribution < -0.4 is 0 Å². The quantitative estimate of drug-likeness (QED) is 0.747. The molecule has 1 aromatic carbocycles. The fraction of sp³-hybridized carbons (Fsp3) is 0.385. The highest BCUT2D eigenvalue weighted by Gasteiger charge is 2.20. The van der Waals surface area contributed by atoms with E-state index in [1.54, 1.807) is 6.07 Å². The standard InChI is InChI=1S/C13H14BrFN2O3/c1-3-18-13(19-4-2)12-16-11(17-20-12)8-5-9(14)7-10(15)6-8/h5-7,13H,3-4H2,1-2H3. The van der Waals surface area contributed by atoms with Gasteiger partial charge in [-0.3, -0.25) is 0 Å².